The highest BCUT2D eigenvalue weighted by Crippen LogP contribution is 2.22. The molecular formula is C11H19N3O. The van der Waals surface area contributed by atoms with Crippen LogP contribution in [0.15, 0.2) is 12.4 Å². The van der Waals surface area contributed by atoms with E-state index in [2.05, 4.69) is 10.00 Å². The van der Waals surface area contributed by atoms with Gasteiger partial charge in [-0.3, -0.25) is 9.58 Å². The van der Waals surface area contributed by atoms with Crippen molar-refractivity contribution in [1.82, 2.24) is 14.7 Å². The summed E-state index contributed by atoms with van der Waals surface area (Å²) in [5.41, 5.74) is 0.796. The Kier molecular flexibility index (Phi) is 2.80. The van der Waals surface area contributed by atoms with Crippen molar-refractivity contribution in [3.8, 4) is 0 Å². The Morgan fingerprint density at radius 3 is 2.67 bits per heavy atom. The van der Waals surface area contributed by atoms with Crippen LogP contribution < -0.4 is 0 Å². The average molecular weight is 209 g/mol. The second-order valence-electron chi connectivity index (χ2n) is 4.80. The molecule has 1 N–H and O–H groups in total. The van der Waals surface area contributed by atoms with Crippen LogP contribution in [0.3, 0.4) is 0 Å². The minimum absolute atomic E-state index is 0.453. The van der Waals surface area contributed by atoms with Crippen LogP contribution in [-0.2, 0) is 13.6 Å². The summed E-state index contributed by atoms with van der Waals surface area (Å²) >= 11 is 0. The van der Waals surface area contributed by atoms with Crippen molar-refractivity contribution in [1.29, 1.82) is 0 Å². The molecule has 1 aromatic heterocycles. The highest BCUT2D eigenvalue weighted by atomic mass is 16.3. The molecule has 1 aromatic rings. The molecule has 0 unspecified atom stereocenters. The van der Waals surface area contributed by atoms with Gasteiger partial charge in [0.1, 0.15) is 0 Å². The van der Waals surface area contributed by atoms with Crippen LogP contribution in [0.4, 0.5) is 0 Å². The Morgan fingerprint density at radius 2 is 2.13 bits per heavy atom. The van der Waals surface area contributed by atoms with Crippen LogP contribution in [0.2, 0.25) is 0 Å². The number of hydrogen-bond acceptors (Lipinski definition) is 3. The first kappa shape index (κ1) is 10.6. The molecule has 1 fully saturated rings. The van der Waals surface area contributed by atoms with Gasteiger partial charge >= 0.3 is 0 Å². The van der Waals surface area contributed by atoms with Crippen molar-refractivity contribution in [3.63, 3.8) is 0 Å². The molecule has 0 spiro atoms. The van der Waals surface area contributed by atoms with Crippen molar-refractivity contribution in [2.24, 2.45) is 7.05 Å². The zero-order valence-corrected chi connectivity index (χ0v) is 9.48. The fourth-order valence-electron chi connectivity index (χ4n) is 2.00. The van der Waals surface area contributed by atoms with Gasteiger partial charge in [-0.05, 0) is 19.8 Å². The topological polar surface area (TPSA) is 41.3 Å². The van der Waals surface area contributed by atoms with E-state index < -0.39 is 5.60 Å². The number of nitrogens with zero attached hydrogens (tertiary/aromatic N) is 3. The summed E-state index contributed by atoms with van der Waals surface area (Å²) in [6.45, 7) is 4.82. The molecule has 4 nitrogen and oxygen atoms in total. The predicted octanol–water partition coefficient (Wildman–Crippen LogP) is 0.767. The highest BCUT2D eigenvalue weighted by molar-refractivity contribution is 5.03. The minimum atomic E-state index is -0.453. The average Bonchev–Trinajstić information content (AvgIpc) is 2.55. The van der Waals surface area contributed by atoms with Crippen LogP contribution in [0, 0.1) is 0 Å². The van der Waals surface area contributed by atoms with Gasteiger partial charge < -0.3 is 5.11 Å². The van der Waals surface area contributed by atoms with Gasteiger partial charge in [-0.25, -0.2) is 0 Å². The molecule has 1 aliphatic rings. The summed E-state index contributed by atoms with van der Waals surface area (Å²) in [6, 6.07) is 0. The summed E-state index contributed by atoms with van der Waals surface area (Å²) in [5.74, 6) is 0. The second kappa shape index (κ2) is 3.94. The quantitative estimate of drug-likeness (QED) is 0.782. The molecule has 4 heteroatoms. The Balaban J connectivity index is 1.87. The molecule has 1 aliphatic heterocycles. The number of piperidine rings is 1. The second-order valence-corrected chi connectivity index (χ2v) is 4.80. The van der Waals surface area contributed by atoms with E-state index >= 15 is 0 Å². The SMILES string of the molecule is Cn1cc(CN2CCC(C)(O)CC2)cn1. The number of aliphatic hydroxyl groups is 1. The molecular weight excluding hydrogens is 190 g/mol. The van der Waals surface area contributed by atoms with E-state index in [1.807, 2.05) is 31.0 Å². The molecule has 84 valence electrons. The third kappa shape index (κ3) is 2.79. The number of rotatable bonds is 2. The van der Waals surface area contributed by atoms with Crippen LogP contribution >= 0.6 is 0 Å². The van der Waals surface area contributed by atoms with E-state index in [9.17, 15) is 5.11 Å². The van der Waals surface area contributed by atoms with E-state index in [-0.39, 0.29) is 0 Å². The molecule has 0 saturated carbocycles. The molecule has 2 rings (SSSR count). The fraction of sp³-hybridized carbons (Fsp3) is 0.727. The number of aryl methyl sites for hydroxylation is 1. The first-order valence-corrected chi connectivity index (χ1v) is 5.47. The van der Waals surface area contributed by atoms with E-state index in [1.54, 1.807) is 0 Å². The van der Waals surface area contributed by atoms with Crippen molar-refractivity contribution < 1.29 is 5.11 Å². The first-order chi connectivity index (χ1) is 7.05. The molecule has 0 radical (unpaired) electrons. The zero-order chi connectivity index (χ0) is 10.9. The molecule has 1 saturated heterocycles. The van der Waals surface area contributed by atoms with Crippen molar-refractivity contribution >= 4 is 0 Å². The minimum Gasteiger partial charge on any atom is -0.390 e. The maximum absolute atomic E-state index is 9.82. The van der Waals surface area contributed by atoms with Crippen LogP contribution in [-0.4, -0.2) is 38.5 Å². The van der Waals surface area contributed by atoms with Crippen molar-refractivity contribution in [3.05, 3.63) is 18.0 Å². The monoisotopic (exact) mass is 209 g/mol. The lowest BCUT2D eigenvalue weighted by atomic mass is 9.94. The van der Waals surface area contributed by atoms with Gasteiger partial charge in [-0.2, -0.15) is 5.10 Å². The molecule has 0 amide bonds. The van der Waals surface area contributed by atoms with Gasteiger partial charge in [0, 0.05) is 38.4 Å². The summed E-state index contributed by atoms with van der Waals surface area (Å²) in [5, 5.41) is 14.0. The van der Waals surface area contributed by atoms with Gasteiger partial charge in [0.2, 0.25) is 0 Å². The molecule has 0 aliphatic carbocycles. The maximum atomic E-state index is 9.82. The van der Waals surface area contributed by atoms with E-state index in [0.29, 0.717) is 0 Å². The lowest BCUT2D eigenvalue weighted by Gasteiger charge is -2.35. The van der Waals surface area contributed by atoms with Gasteiger partial charge in [0.15, 0.2) is 0 Å². The third-order valence-corrected chi connectivity index (χ3v) is 3.10. The zero-order valence-electron chi connectivity index (χ0n) is 9.48. The third-order valence-electron chi connectivity index (χ3n) is 3.10. The van der Waals surface area contributed by atoms with E-state index in [1.165, 1.54) is 5.56 Å². The summed E-state index contributed by atoms with van der Waals surface area (Å²) in [7, 11) is 1.94. The van der Waals surface area contributed by atoms with Crippen LogP contribution in [0.1, 0.15) is 25.3 Å². The van der Waals surface area contributed by atoms with Gasteiger partial charge in [-0.15, -0.1) is 0 Å². The highest BCUT2D eigenvalue weighted by Gasteiger charge is 2.27. The predicted molar refractivity (Wildman–Crippen MR) is 58.3 cm³/mol. The maximum Gasteiger partial charge on any atom is 0.0644 e. The summed E-state index contributed by atoms with van der Waals surface area (Å²) in [6.07, 6.45) is 5.69. The number of likely N-dealkylation sites (tertiary alicyclic amines) is 1. The lowest BCUT2D eigenvalue weighted by molar-refractivity contribution is -0.00730. The first-order valence-electron chi connectivity index (χ1n) is 5.47. The molecule has 15 heavy (non-hydrogen) atoms. The van der Waals surface area contributed by atoms with Gasteiger partial charge in [0.05, 0.1) is 11.8 Å². The standard InChI is InChI=1S/C11H19N3O/c1-11(15)3-5-14(6-4-11)9-10-7-12-13(2)8-10/h7-8,15H,3-6,9H2,1-2H3. The Hall–Kier alpha value is -0.870. The Morgan fingerprint density at radius 1 is 1.47 bits per heavy atom. The van der Waals surface area contributed by atoms with Crippen LogP contribution in [0.5, 0.6) is 0 Å². The lowest BCUT2D eigenvalue weighted by Crippen LogP contribution is -2.41. The van der Waals surface area contributed by atoms with Gasteiger partial charge in [0.25, 0.3) is 0 Å². The molecule has 0 atom stereocenters. The normalized spacial score (nSPS) is 21.8. The summed E-state index contributed by atoms with van der Waals surface area (Å²) < 4.78 is 1.83. The fourth-order valence-corrected chi connectivity index (χ4v) is 2.00. The Bertz CT molecular complexity index is 322. The largest absolute Gasteiger partial charge is 0.390 e. The van der Waals surface area contributed by atoms with Crippen molar-refractivity contribution in [2.75, 3.05) is 13.1 Å². The van der Waals surface area contributed by atoms with Crippen LogP contribution in [0.25, 0.3) is 0 Å². The Labute approximate surface area is 90.5 Å². The van der Waals surface area contributed by atoms with Crippen molar-refractivity contribution in [2.45, 2.75) is 31.9 Å². The number of hydrogen-bond donors (Lipinski definition) is 1. The molecule has 2 heterocycles. The summed E-state index contributed by atoms with van der Waals surface area (Å²) in [4.78, 5) is 2.37. The van der Waals surface area contributed by atoms with E-state index in [4.69, 9.17) is 0 Å². The smallest absolute Gasteiger partial charge is 0.0644 e. The molecule has 0 aromatic carbocycles. The van der Waals surface area contributed by atoms with Gasteiger partial charge in [-0.1, -0.05) is 0 Å². The number of aromatic nitrogens is 2. The van der Waals surface area contributed by atoms with E-state index in [0.717, 1.165) is 32.5 Å². The molecule has 0 bridgehead atoms.